The van der Waals surface area contributed by atoms with Crippen molar-refractivity contribution in [1.29, 1.82) is 0 Å². The van der Waals surface area contributed by atoms with Gasteiger partial charge in [-0.15, -0.1) is 15.0 Å². The SMILES string of the molecule is CCCCn1c(Cc2ccc(-c3ccccc3-c3nnn(C(c4ccccc4)(c4ccccc4)c4ccccc4)n3)cc2)c(C(=O)OCC)cc(C(=O)OCC)c1=O. The molecule has 0 saturated carbocycles. The predicted molar refractivity (Wildman–Crippen MR) is 224 cm³/mol. The number of unbranched alkanes of at least 4 members (excludes halogenated alkanes) is 1. The number of hydrogen-bond donors (Lipinski definition) is 0. The summed E-state index contributed by atoms with van der Waals surface area (Å²) < 4.78 is 12.1. The van der Waals surface area contributed by atoms with E-state index >= 15 is 0 Å². The van der Waals surface area contributed by atoms with Crippen molar-refractivity contribution >= 4 is 11.9 Å². The van der Waals surface area contributed by atoms with Crippen LogP contribution in [-0.4, -0.2) is 49.9 Å². The van der Waals surface area contributed by atoms with Crippen LogP contribution in [-0.2, 0) is 28.0 Å². The molecule has 5 aromatic carbocycles. The van der Waals surface area contributed by atoms with Crippen molar-refractivity contribution < 1.29 is 19.1 Å². The van der Waals surface area contributed by atoms with Crippen molar-refractivity contribution in [3.63, 3.8) is 0 Å². The molecule has 7 rings (SSSR count). The summed E-state index contributed by atoms with van der Waals surface area (Å²) in [6.45, 7) is 5.99. The Morgan fingerprint density at radius 3 is 1.69 bits per heavy atom. The molecule has 292 valence electrons. The number of nitrogens with zero attached hydrogens (tertiary/aromatic N) is 5. The monoisotopic (exact) mass is 771 g/mol. The Labute approximate surface area is 337 Å². The number of carbonyl (C=O) groups excluding carboxylic acids is 2. The van der Waals surface area contributed by atoms with Crippen molar-refractivity contribution in [2.45, 2.75) is 52.1 Å². The molecule has 0 aliphatic rings. The summed E-state index contributed by atoms with van der Waals surface area (Å²) >= 11 is 0. The molecule has 58 heavy (non-hydrogen) atoms. The molecule has 10 heteroatoms. The van der Waals surface area contributed by atoms with Gasteiger partial charge >= 0.3 is 11.9 Å². The van der Waals surface area contributed by atoms with Gasteiger partial charge in [-0.2, -0.15) is 0 Å². The van der Waals surface area contributed by atoms with Gasteiger partial charge in [-0.3, -0.25) is 4.79 Å². The first-order valence-electron chi connectivity index (χ1n) is 19.7. The van der Waals surface area contributed by atoms with E-state index in [4.69, 9.17) is 24.9 Å². The van der Waals surface area contributed by atoms with Gasteiger partial charge < -0.3 is 14.0 Å². The molecule has 0 spiro atoms. The van der Waals surface area contributed by atoms with Crippen LogP contribution in [0.4, 0.5) is 0 Å². The Kier molecular flexibility index (Phi) is 12.1. The maximum atomic E-state index is 13.7. The lowest BCUT2D eigenvalue weighted by Gasteiger charge is -2.34. The number of carbonyl (C=O) groups is 2. The van der Waals surface area contributed by atoms with E-state index < -0.39 is 23.0 Å². The van der Waals surface area contributed by atoms with Gasteiger partial charge in [0.25, 0.3) is 5.56 Å². The number of rotatable bonds is 15. The van der Waals surface area contributed by atoms with E-state index in [0.717, 1.165) is 45.4 Å². The summed E-state index contributed by atoms with van der Waals surface area (Å²) in [5, 5.41) is 14.6. The minimum Gasteiger partial charge on any atom is -0.462 e. The highest BCUT2D eigenvalue weighted by atomic mass is 16.5. The number of benzene rings is 5. The highest BCUT2D eigenvalue weighted by molar-refractivity contribution is 5.96. The second-order valence-corrected chi connectivity index (χ2v) is 13.8. The molecule has 0 saturated heterocycles. The zero-order valence-corrected chi connectivity index (χ0v) is 32.9. The summed E-state index contributed by atoms with van der Waals surface area (Å²) in [5.41, 5.74) is 5.52. The van der Waals surface area contributed by atoms with Gasteiger partial charge in [0.15, 0.2) is 5.54 Å². The number of ether oxygens (including phenoxy) is 2. The Morgan fingerprint density at radius 1 is 0.638 bits per heavy atom. The van der Waals surface area contributed by atoms with Crippen LogP contribution < -0.4 is 5.56 Å². The summed E-state index contributed by atoms with van der Waals surface area (Å²) in [4.78, 5) is 41.6. The first kappa shape index (κ1) is 39.3. The van der Waals surface area contributed by atoms with E-state index in [-0.39, 0.29) is 30.8 Å². The number of aromatic nitrogens is 5. The maximum absolute atomic E-state index is 13.7. The van der Waals surface area contributed by atoms with E-state index in [2.05, 4.69) is 36.4 Å². The molecule has 7 aromatic rings. The van der Waals surface area contributed by atoms with Crippen LogP contribution in [0.15, 0.2) is 150 Å². The molecule has 10 nitrogen and oxygen atoms in total. The number of hydrogen-bond acceptors (Lipinski definition) is 8. The predicted octanol–water partition coefficient (Wildman–Crippen LogP) is 8.75. The second kappa shape index (κ2) is 17.9. The lowest BCUT2D eigenvalue weighted by atomic mass is 9.77. The fraction of sp³-hybridized carbons (Fsp3) is 0.208. The molecule has 0 radical (unpaired) electrons. The van der Waals surface area contributed by atoms with Crippen LogP contribution in [0.1, 0.15) is 82.3 Å². The topological polar surface area (TPSA) is 118 Å². The highest BCUT2D eigenvalue weighted by Crippen LogP contribution is 2.40. The van der Waals surface area contributed by atoms with Crippen molar-refractivity contribution in [1.82, 2.24) is 24.8 Å². The van der Waals surface area contributed by atoms with Crippen LogP contribution in [0.3, 0.4) is 0 Å². The minimum atomic E-state index is -0.916. The van der Waals surface area contributed by atoms with Crippen molar-refractivity contribution in [3.05, 3.63) is 195 Å². The lowest BCUT2D eigenvalue weighted by Crippen LogP contribution is -2.39. The number of esters is 2. The molecule has 0 atom stereocenters. The quantitative estimate of drug-likeness (QED) is 0.0751. The third kappa shape index (κ3) is 7.73. The Hall–Kier alpha value is -6.94. The summed E-state index contributed by atoms with van der Waals surface area (Å²) in [6.07, 6.45) is 1.75. The molecule has 0 amide bonds. The van der Waals surface area contributed by atoms with E-state index in [1.165, 1.54) is 10.6 Å². The molecular weight excluding hydrogens is 727 g/mol. The zero-order valence-electron chi connectivity index (χ0n) is 32.9. The van der Waals surface area contributed by atoms with Crippen LogP contribution in [0, 0.1) is 0 Å². The average Bonchev–Trinajstić information content (AvgIpc) is 3.76. The molecule has 0 aliphatic heterocycles. The van der Waals surface area contributed by atoms with E-state index in [1.54, 1.807) is 18.6 Å². The van der Waals surface area contributed by atoms with Gasteiger partial charge in [-0.1, -0.05) is 153 Å². The van der Waals surface area contributed by atoms with Gasteiger partial charge in [0.05, 0.1) is 18.8 Å². The van der Waals surface area contributed by atoms with Gasteiger partial charge in [0.2, 0.25) is 5.82 Å². The average molecular weight is 772 g/mol. The molecule has 0 unspecified atom stereocenters. The lowest BCUT2D eigenvalue weighted by molar-refractivity contribution is 0.0520. The smallest absolute Gasteiger partial charge is 0.343 e. The molecule has 0 bridgehead atoms. The van der Waals surface area contributed by atoms with Crippen LogP contribution in [0.2, 0.25) is 0 Å². The fourth-order valence-corrected chi connectivity index (χ4v) is 7.46. The Morgan fingerprint density at radius 2 is 1.16 bits per heavy atom. The number of pyridine rings is 1. The van der Waals surface area contributed by atoms with Crippen molar-refractivity contribution in [2.24, 2.45) is 0 Å². The summed E-state index contributed by atoms with van der Waals surface area (Å²) in [6, 6.07) is 47.9. The molecular formula is C48H45N5O5. The van der Waals surface area contributed by atoms with E-state index in [1.807, 2.05) is 110 Å². The van der Waals surface area contributed by atoms with Crippen LogP contribution in [0.25, 0.3) is 22.5 Å². The Balaban J connectivity index is 1.28. The van der Waals surface area contributed by atoms with Crippen molar-refractivity contribution in [3.8, 4) is 22.5 Å². The van der Waals surface area contributed by atoms with Gasteiger partial charge in [-0.25, -0.2) is 9.59 Å². The molecule has 2 aromatic heterocycles. The van der Waals surface area contributed by atoms with Crippen molar-refractivity contribution in [2.75, 3.05) is 13.2 Å². The third-order valence-corrected chi connectivity index (χ3v) is 10.2. The van der Waals surface area contributed by atoms with Gasteiger partial charge in [0, 0.05) is 24.2 Å². The second-order valence-electron chi connectivity index (χ2n) is 13.8. The fourth-order valence-electron chi connectivity index (χ4n) is 7.46. The molecule has 0 fully saturated rings. The van der Waals surface area contributed by atoms with Gasteiger partial charge in [-0.05, 0) is 64.9 Å². The van der Waals surface area contributed by atoms with E-state index in [9.17, 15) is 14.4 Å². The normalized spacial score (nSPS) is 11.3. The molecule has 2 heterocycles. The summed E-state index contributed by atoms with van der Waals surface area (Å²) in [5.74, 6) is -0.902. The summed E-state index contributed by atoms with van der Waals surface area (Å²) in [7, 11) is 0. The standard InChI is InChI=1S/C48H45N5O5/c1-4-7-31-52-43(41(46(55)57-5-2)33-42(45(52)54)47(56)58-6-3)32-34-27-29-35(30-28-34)39-25-17-18-26-40(39)44-49-51-53(50-44)48(36-19-11-8-12-20-36,37-21-13-9-14-22-37)38-23-15-10-16-24-38/h8-30,33H,4-7,31-32H2,1-3H3. The van der Waals surface area contributed by atoms with Crippen LogP contribution >= 0.6 is 0 Å². The highest BCUT2D eigenvalue weighted by Gasteiger charge is 2.41. The zero-order chi connectivity index (χ0) is 40.5. The van der Waals surface area contributed by atoms with Crippen LogP contribution in [0.5, 0.6) is 0 Å². The number of tetrazole rings is 1. The van der Waals surface area contributed by atoms with E-state index in [0.29, 0.717) is 24.5 Å². The Bertz CT molecular complexity index is 2450. The third-order valence-electron chi connectivity index (χ3n) is 10.2. The largest absolute Gasteiger partial charge is 0.462 e. The minimum absolute atomic E-state index is 0.101. The maximum Gasteiger partial charge on any atom is 0.343 e. The van der Waals surface area contributed by atoms with Gasteiger partial charge in [0.1, 0.15) is 5.56 Å². The molecule has 0 N–H and O–H groups in total. The first-order chi connectivity index (χ1) is 28.4. The first-order valence-corrected chi connectivity index (χ1v) is 19.7. The molecule has 0 aliphatic carbocycles.